The fraction of sp³-hybridized carbons (Fsp3) is 0.857. The normalized spacial score (nSPS) is 7.40. The molecule has 0 rings (SSSR count). The maximum absolute atomic E-state index is 8.12. The van der Waals surface area contributed by atoms with Gasteiger partial charge >= 0.3 is 6.15 Å². The molecule has 0 amide bonds. The molecule has 0 bridgehead atoms. The molecule has 0 spiro atoms. The number of carbonyl (C=O) groups excluding carboxylic acids is 2. The Hall–Kier alpha value is -0.660. The van der Waals surface area contributed by atoms with E-state index in [4.69, 9.17) is 15.3 Å². The fourth-order valence-corrected chi connectivity index (χ4v) is 0.571. The first kappa shape index (κ1) is 12.1. The van der Waals surface area contributed by atoms with E-state index in [-0.39, 0.29) is 6.15 Å². The molecule has 0 aliphatic carbocycles. The number of rotatable bonds is 4. The smallest absolute Gasteiger partial charge is 0.330 e. The Balaban J connectivity index is 0. The van der Waals surface area contributed by atoms with Gasteiger partial charge in [-0.1, -0.05) is 26.2 Å². The van der Waals surface area contributed by atoms with Gasteiger partial charge in [-0.05, 0) is 13.0 Å². The van der Waals surface area contributed by atoms with Crippen molar-refractivity contribution in [2.75, 3.05) is 6.54 Å². The number of hydrogen-bond donors (Lipinski definition) is 1. The summed E-state index contributed by atoms with van der Waals surface area (Å²) in [6, 6.07) is 0. The number of hydrogen-bond acceptors (Lipinski definition) is 3. The lowest BCUT2D eigenvalue weighted by Crippen LogP contribution is -1.97. The van der Waals surface area contributed by atoms with Crippen LogP contribution >= 0.6 is 0 Å². The van der Waals surface area contributed by atoms with Gasteiger partial charge in [0.05, 0.1) is 0 Å². The van der Waals surface area contributed by atoms with E-state index in [9.17, 15) is 0 Å². The van der Waals surface area contributed by atoms with E-state index in [1.807, 2.05) is 0 Å². The van der Waals surface area contributed by atoms with Crippen LogP contribution in [0.2, 0.25) is 0 Å². The average Bonchev–Trinajstić information content (AvgIpc) is 1.91. The van der Waals surface area contributed by atoms with Crippen LogP contribution in [0.5, 0.6) is 0 Å². The zero-order valence-corrected chi connectivity index (χ0v) is 6.43. The molecule has 0 aromatic carbocycles. The van der Waals surface area contributed by atoms with Gasteiger partial charge in [-0.3, -0.25) is 0 Å². The van der Waals surface area contributed by atoms with E-state index >= 15 is 0 Å². The van der Waals surface area contributed by atoms with Gasteiger partial charge in [0.2, 0.25) is 0 Å². The van der Waals surface area contributed by atoms with Crippen LogP contribution in [-0.4, -0.2) is 12.7 Å². The van der Waals surface area contributed by atoms with Gasteiger partial charge in [0.25, 0.3) is 0 Å². The molecule has 0 aromatic heterocycles. The Morgan fingerprint density at radius 1 is 1.20 bits per heavy atom. The second-order valence-corrected chi connectivity index (χ2v) is 1.93. The van der Waals surface area contributed by atoms with Gasteiger partial charge in [-0.15, -0.1) is 0 Å². The Morgan fingerprint density at radius 3 is 2.00 bits per heavy atom. The third kappa shape index (κ3) is 26.4. The summed E-state index contributed by atoms with van der Waals surface area (Å²) in [7, 11) is 0. The first-order chi connectivity index (χ1) is 4.83. The average molecular weight is 145 g/mol. The predicted octanol–water partition coefficient (Wildman–Crippen LogP) is 0.942. The van der Waals surface area contributed by atoms with E-state index in [0.717, 1.165) is 6.54 Å². The lowest BCUT2D eigenvalue weighted by atomic mass is 10.2. The standard InChI is InChI=1S/C6H15N.CO2/c1-2-3-4-5-6-7;2-1-3/h2-7H2,1H3;. The van der Waals surface area contributed by atoms with Crippen LogP contribution in [0.4, 0.5) is 0 Å². The van der Waals surface area contributed by atoms with Crippen molar-refractivity contribution < 1.29 is 9.59 Å². The summed E-state index contributed by atoms with van der Waals surface area (Å²) in [5.41, 5.74) is 5.27. The van der Waals surface area contributed by atoms with E-state index in [0.29, 0.717) is 0 Å². The minimum absolute atomic E-state index is 0.250. The van der Waals surface area contributed by atoms with E-state index in [2.05, 4.69) is 6.92 Å². The van der Waals surface area contributed by atoms with E-state index < -0.39 is 0 Å². The molecule has 0 heterocycles. The highest BCUT2D eigenvalue weighted by Gasteiger charge is 1.80. The second-order valence-electron chi connectivity index (χ2n) is 1.93. The molecule has 0 aliphatic rings. The molecule has 0 aliphatic heterocycles. The van der Waals surface area contributed by atoms with Crippen LogP contribution < -0.4 is 5.73 Å². The quantitative estimate of drug-likeness (QED) is 0.599. The molecular formula is C7H15NO2. The van der Waals surface area contributed by atoms with Crippen LogP contribution in [0.3, 0.4) is 0 Å². The minimum Gasteiger partial charge on any atom is -0.330 e. The summed E-state index contributed by atoms with van der Waals surface area (Å²) in [6.07, 6.45) is 5.41. The SMILES string of the molecule is CCCCCCN.O=C=O. The molecule has 3 nitrogen and oxygen atoms in total. The molecule has 10 heavy (non-hydrogen) atoms. The Labute approximate surface area is 61.6 Å². The first-order valence-corrected chi connectivity index (χ1v) is 3.52. The summed E-state index contributed by atoms with van der Waals surface area (Å²) in [5, 5.41) is 0. The van der Waals surface area contributed by atoms with Crippen LogP contribution in [-0.2, 0) is 9.59 Å². The van der Waals surface area contributed by atoms with Crippen molar-refractivity contribution in [3.05, 3.63) is 0 Å². The molecule has 0 saturated carbocycles. The molecule has 0 aromatic rings. The zero-order valence-electron chi connectivity index (χ0n) is 6.43. The van der Waals surface area contributed by atoms with Crippen LogP contribution in [0.1, 0.15) is 32.6 Å². The molecule has 0 saturated heterocycles. The van der Waals surface area contributed by atoms with Gasteiger partial charge in [0.15, 0.2) is 0 Å². The molecule has 0 fully saturated rings. The van der Waals surface area contributed by atoms with Crippen molar-refractivity contribution in [2.24, 2.45) is 5.73 Å². The highest BCUT2D eigenvalue weighted by atomic mass is 16.2. The van der Waals surface area contributed by atoms with Crippen molar-refractivity contribution in [1.29, 1.82) is 0 Å². The molecule has 60 valence electrons. The largest absolute Gasteiger partial charge is 0.373 e. The van der Waals surface area contributed by atoms with Crippen molar-refractivity contribution in [3.63, 3.8) is 0 Å². The van der Waals surface area contributed by atoms with E-state index in [1.165, 1.54) is 25.7 Å². The van der Waals surface area contributed by atoms with Crippen LogP contribution in [0, 0.1) is 0 Å². The summed E-state index contributed by atoms with van der Waals surface area (Å²) < 4.78 is 0. The zero-order chi connectivity index (χ0) is 8.24. The Morgan fingerprint density at radius 2 is 1.70 bits per heavy atom. The van der Waals surface area contributed by atoms with Crippen LogP contribution in [0.25, 0.3) is 0 Å². The molecule has 0 atom stereocenters. The summed E-state index contributed by atoms with van der Waals surface area (Å²) in [5.74, 6) is 0. The summed E-state index contributed by atoms with van der Waals surface area (Å²) in [4.78, 5) is 16.2. The molecule has 2 N–H and O–H groups in total. The van der Waals surface area contributed by atoms with Crippen molar-refractivity contribution in [2.45, 2.75) is 32.6 Å². The molecular weight excluding hydrogens is 130 g/mol. The lowest BCUT2D eigenvalue weighted by Gasteiger charge is -1.90. The van der Waals surface area contributed by atoms with Crippen molar-refractivity contribution >= 4 is 6.15 Å². The monoisotopic (exact) mass is 145 g/mol. The highest BCUT2D eigenvalue weighted by Crippen LogP contribution is 1.95. The van der Waals surface area contributed by atoms with Gasteiger partial charge in [0.1, 0.15) is 0 Å². The second kappa shape index (κ2) is 15.8. The van der Waals surface area contributed by atoms with Gasteiger partial charge in [0, 0.05) is 0 Å². The highest BCUT2D eigenvalue weighted by molar-refractivity contribution is 5.20. The Bertz CT molecular complexity index is 73.7. The Kier molecular flexibility index (Phi) is 19.0. The molecule has 0 radical (unpaired) electrons. The summed E-state index contributed by atoms with van der Waals surface area (Å²) in [6.45, 7) is 3.07. The van der Waals surface area contributed by atoms with Gasteiger partial charge in [-0.2, -0.15) is 9.59 Å². The number of unbranched alkanes of at least 4 members (excludes halogenated alkanes) is 3. The molecule has 0 unspecified atom stereocenters. The van der Waals surface area contributed by atoms with Crippen molar-refractivity contribution in [3.8, 4) is 0 Å². The third-order valence-electron chi connectivity index (χ3n) is 1.06. The third-order valence-corrected chi connectivity index (χ3v) is 1.06. The van der Waals surface area contributed by atoms with E-state index in [1.54, 1.807) is 0 Å². The predicted molar refractivity (Wildman–Crippen MR) is 38.2 cm³/mol. The summed E-state index contributed by atoms with van der Waals surface area (Å²) >= 11 is 0. The topological polar surface area (TPSA) is 60.2 Å². The number of nitrogens with two attached hydrogens (primary N) is 1. The first-order valence-electron chi connectivity index (χ1n) is 3.52. The molecule has 3 heteroatoms. The fourth-order valence-electron chi connectivity index (χ4n) is 0.571. The minimum atomic E-state index is 0.250. The van der Waals surface area contributed by atoms with Gasteiger partial charge < -0.3 is 5.73 Å². The van der Waals surface area contributed by atoms with Gasteiger partial charge in [-0.25, -0.2) is 0 Å². The maximum atomic E-state index is 8.12. The maximum Gasteiger partial charge on any atom is 0.373 e. The van der Waals surface area contributed by atoms with Crippen molar-refractivity contribution in [1.82, 2.24) is 0 Å². The van der Waals surface area contributed by atoms with Crippen LogP contribution in [0.15, 0.2) is 0 Å². The lowest BCUT2D eigenvalue weighted by molar-refractivity contribution is -0.191.